The summed E-state index contributed by atoms with van der Waals surface area (Å²) in [6.07, 6.45) is 2.66. The summed E-state index contributed by atoms with van der Waals surface area (Å²) < 4.78 is 13.4. The average Bonchev–Trinajstić information content (AvgIpc) is 2.56. The molecule has 1 aromatic rings. The second kappa shape index (κ2) is 11.0. The van der Waals surface area contributed by atoms with Crippen LogP contribution in [-0.4, -0.2) is 37.5 Å². The van der Waals surface area contributed by atoms with Crippen molar-refractivity contribution >= 4 is 17.8 Å². The number of benzene rings is 1. The summed E-state index contributed by atoms with van der Waals surface area (Å²) in [5, 5.41) is 7.81. The van der Waals surface area contributed by atoms with Crippen molar-refractivity contribution in [3.8, 4) is 0 Å². The van der Waals surface area contributed by atoms with Crippen LogP contribution in [-0.2, 0) is 4.79 Å². The molecule has 8 heteroatoms. The van der Waals surface area contributed by atoms with Crippen LogP contribution < -0.4 is 21.7 Å². The van der Waals surface area contributed by atoms with Gasteiger partial charge in [0.05, 0.1) is 0 Å². The number of nitrogens with one attached hydrogen (secondary N) is 3. The summed E-state index contributed by atoms with van der Waals surface area (Å²) >= 11 is 0. The van der Waals surface area contributed by atoms with Crippen LogP contribution in [0.3, 0.4) is 0 Å². The monoisotopic (exact) mass is 352 g/mol. The van der Waals surface area contributed by atoms with Crippen LogP contribution in [0, 0.1) is 12.7 Å². The summed E-state index contributed by atoms with van der Waals surface area (Å²) in [7, 11) is 0. The molecule has 0 aliphatic heterocycles. The van der Waals surface area contributed by atoms with Crippen molar-refractivity contribution in [1.29, 1.82) is 0 Å². The fraction of sp³-hybridized carbons (Fsp3) is 0.471. The fourth-order valence-corrected chi connectivity index (χ4v) is 2.10. The molecule has 7 nitrogen and oxygen atoms in total. The number of carbonyl (C=O) groups is 3. The molecule has 0 radical (unpaired) electrons. The first-order valence-corrected chi connectivity index (χ1v) is 8.24. The first kappa shape index (κ1) is 20.4. The Morgan fingerprint density at radius 2 is 1.72 bits per heavy atom. The SMILES string of the molecule is Cc1ccc(C(=O)NCCNC(=O)CCCCCNC(N)=O)cc1F. The zero-order chi connectivity index (χ0) is 18.7. The highest BCUT2D eigenvalue weighted by Crippen LogP contribution is 2.08. The molecule has 0 bridgehead atoms. The standard InChI is InChI=1S/C17H25FN4O3/c1-12-6-7-13(11-14(12)18)16(24)21-10-9-20-15(23)5-3-2-4-8-22-17(19)25/h6-7,11H,2-5,8-10H2,1H3,(H,20,23)(H,21,24)(H3,19,22,25). The maximum absolute atomic E-state index is 13.4. The molecular formula is C17H25FN4O3. The lowest BCUT2D eigenvalue weighted by atomic mass is 10.1. The molecule has 0 fully saturated rings. The van der Waals surface area contributed by atoms with Crippen molar-refractivity contribution in [2.45, 2.75) is 32.6 Å². The highest BCUT2D eigenvalue weighted by Gasteiger charge is 2.07. The molecule has 25 heavy (non-hydrogen) atoms. The number of amides is 4. The van der Waals surface area contributed by atoms with Gasteiger partial charge in [-0.1, -0.05) is 12.5 Å². The van der Waals surface area contributed by atoms with Gasteiger partial charge in [-0.3, -0.25) is 9.59 Å². The molecule has 0 aliphatic carbocycles. The van der Waals surface area contributed by atoms with E-state index < -0.39 is 11.8 Å². The van der Waals surface area contributed by atoms with Gasteiger partial charge in [0.1, 0.15) is 5.82 Å². The summed E-state index contributed by atoms with van der Waals surface area (Å²) in [5.74, 6) is -0.902. The van der Waals surface area contributed by atoms with Crippen LogP contribution in [0.2, 0.25) is 0 Å². The Bertz CT molecular complexity index is 608. The Morgan fingerprint density at radius 1 is 1.00 bits per heavy atom. The number of halogens is 1. The molecule has 5 N–H and O–H groups in total. The van der Waals surface area contributed by atoms with Gasteiger partial charge >= 0.3 is 6.03 Å². The summed E-state index contributed by atoms with van der Waals surface area (Å²) in [6, 6.07) is 3.74. The lowest BCUT2D eigenvalue weighted by Crippen LogP contribution is -2.34. The molecule has 0 saturated heterocycles. The maximum atomic E-state index is 13.4. The van der Waals surface area contributed by atoms with Gasteiger partial charge in [-0.2, -0.15) is 0 Å². The fourth-order valence-electron chi connectivity index (χ4n) is 2.10. The Labute approximate surface area is 146 Å². The summed E-state index contributed by atoms with van der Waals surface area (Å²) in [6.45, 7) is 2.70. The van der Waals surface area contributed by atoms with E-state index in [1.807, 2.05) is 0 Å². The number of nitrogens with two attached hydrogens (primary N) is 1. The summed E-state index contributed by atoms with van der Waals surface area (Å²) in [5.41, 5.74) is 5.66. The second-order valence-electron chi connectivity index (χ2n) is 5.67. The number of urea groups is 1. The molecule has 0 aliphatic rings. The van der Waals surface area contributed by atoms with E-state index in [1.54, 1.807) is 19.1 Å². The third-order valence-corrected chi connectivity index (χ3v) is 3.55. The predicted molar refractivity (Wildman–Crippen MR) is 92.5 cm³/mol. The van der Waals surface area contributed by atoms with Crippen LogP contribution in [0.25, 0.3) is 0 Å². The van der Waals surface area contributed by atoms with E-state index in [9.17, 15) is 18.8 Å². The molecule has 1 rings (SSSR count). The van der Waals surface area contributed by atoms with E-state index in [1.165, 1.54) is 6.07 Å². The first-order valence-electron chi connectivity index (χ1n) is 8.24. The summed E-state index contributed by atoms with van der Waals surface area (Å²) in [4.78, 5) is 33.9. The third kappa shape index (κ3) is 8.69. The van der Waals surface area contributed by atoms with E-state index in [4.69, 9.17) is 5.73 Å². The molecule has 0 heterocycles. The van der Waals surface area contributed by atoms with Gasteiger partial charge in [0.15, 0.2) is 0 Å². The lowest BCUT2D eigenvalue weighted by molar-refractivity contribution is -0.121. The van der Waals surface area contributed by atoms with Crippen LogP contribution in [0.15, 0.2) is 18.2 Å². The number of carbonyl (C=O) groups excluding carboxylic acids is 3. The zero-order valence-electron chi connectivity index (χ0n) is 14.4. The number of hydrogen-bond donors (Lipinski definition) is 4. The minimum atomic E-state index is -0.548. The first-order chi connectivity index (χ1) is 11.9. The molecule has 0 spiro atoms. The highest BCUT2D eigenvalue weighted by atomic mass is 19.1. The number of primary amides is 1. The van der Waals surface area contributed by atoms with Crippen molar-refractivity contribution in [3.63, 3.8) is 0 Å². The van der Waals surface area contributed by atoms with Gasteiger partial charge < -0.3 is 21.7 Å². The van der Waals surface area contributed by atoms with Crippen molar-refractivity contribution in [2.75, 3.05) is 19.6 Å². The minimum absolute atomic E-state index is 0.0986. The maximum Gasteiger partial charge on any atom is 0.312 e. The van der Waals surface area contributed by atoms with Crippen molar-refractivity contribution in [3.05, 3.63) is 35.1 Å². The van der Waals surface area contributed by atoms with Gasteiger partial charge in [0.25, 0.3) is 5.91 Å². The van der Waals surface area contributed by atoms with Gasteiger partial charge in [-0.25, -0.2) is 9.18 Å². The van der Waals surface area contributed by atoms with Crippen LogP contribution in [0.5, 0.6) is 0 Å². The van der Waals surface area contributed by atoms with E-state index in [0.717, 1.165) is 12.8 Å². The Hall–Kier alpha value is -2.64. The van der Waals surface area contributed by atoms with E-state index in [2.05, 4.69) is 16.0 Å². The molecule has 0 unspecified atom stereocenters. The topological polar surface area (TPSA) is 113 Å². The van der Waals surface area contributed by atoms with Gasteiger partial charge in [-0.15, -0.1) is 0 Å². The number of unbranched alkanes of at least 4 members (excludes halogenated alkanes) is 2. The molecule has 4 amide bonds. The molecule has 138 valence electrons. The van der Waals surface area contributed by atoms with Crippen molar-refractivity contribution < 1.29 is 18.8 Å². The third-order valence-electron chi connectivity index (χ3n) is 3.55. The van der Waals surface area contributed by atoms with E-state index in [-0.39, 0.29) is 23.9 Å². The predicted octanol–water partition coefficient (Wildman–Crippen LogP) is 1.21. The Morgan fingerprint density at radius 3 is 2.40 bits per heavy atom. The smallest absolute Gasteiger partial charge is 0.312 e. The molecule has 1 aromatic carbocycles. The average molecular weight is 352 g/mol. The molecule has 0 atom stereocenters. The van der Waals surface area contributed by atoms with Crippen LogP contribution >= 0.6 is 0 Å². The highest BCUT2D eigenvalue weighted by molar-refractivity contribution is 5.94. The number of hydrogen-bond acceptors (Lipinski definition) is 3. The van der Waals surface area contributed by atoms with Crippen molar-refractivity contribution in [2.24, 2.45) is 5.73 Å². The lowest BCUT2D eigenvalue weighted by Gasteiger charge is -2.08. The van der Waals surface area contributed by atoms with Gasteiger partial charge in [-0.05, 0) is 37.5 Å². The largest absolute Gasteiger partial charge is 0.354 e. The number of rotatable bonds is 10. The van der Waals surface area contributed by atoms with Gasteiger partial charge in [0, 0.05) is 31.6 Å². The minimum Gasteiger partial charge on any atom is -0.354 e. The zero-order valence-corrected chi connectivity index (χ0v) is 14.4. The van der Waals surface area contributed by atoms with E-state index in [0.29, 0.717) is 31.5 Å². The van der Waals surface area contributed by atoms with Crippen molar-refractivity contribution in [1.82, 2.24) is 16.0 Å². The second-order valence-corrected chi connectivity index (χ2v) is 5.67. The van der Waals surface area contributed by atoms with E-state index >= 15 is 0 Å². The molecule has 0 saturated carbocycles. The molecular weight excluding hydrogens is 327 g/mol. The molecule has 0 aromatic heterocycles. The Balaban J connectivity index is 2.10. The van der Waals surface area contributed by atoms with Gasteiger partial charge in [0.2, 0.25) is 5.91 Å². The number of aryl methyl sites for hydroxylation is 1. The van der Waals surface area contributed by atoms with Crippen LogP contribution in [0.4, 0.5) is 9.18 Å². The normalized spacial score (nSPS) is 10.2. The Kier molecular flexibility index (Phi) is 8.99. The van der Waals surface area contributed by atoms with Crippen LogP contribution in [0.1, 0.15) is 41.6 Å². The quantitative estimate of drug-likeness (QED) is 0.475.